The SMILES string of the molecule is O=C(CCc1nc(-c2cccnc2)no1)NCC1(c2cccc(Cl)c2)CCOCC1. The van der Waals surface area contributed by atoms with Crippen LogP contribution in [0.2, 0.25) is 5.02 Å². The van der Waals surface area contributed by atoms with Crippen LogP contribution >= 0.6 is 11.6 Å². The van der Waals surface area contributed by atoms with Crippen molar-refractivity contribution in [3.05, 3.63) is 65.3 Å². The Balaban J connectivity index is 1.35. The number of aryl methyl sites for hydroxylation is 1. The van der Waals surface area contributed by atoms with Gasteiger partial charge in [0.25, 0.3) is 0 Å². The maximum absolute atomic E-state index is 12.5. The fourth-order valence-corrected chi connectivity index (χ4v) is 3.88. The number of hydrogen-bond acceptors (Lipinski definition) is 6. The molecular weight excluding hydrogens is 404 g/mol. The van der Waals surface area contributed by atoms with Crippen molar-refractivity contribution in [1.82, 2.24) is 20.4 Å². The predicted molar refractivity (Wildman–Crippen MR) is 112 cm³/mol. The zero-order valence-electron chi connectivity index (χ0n) is 16.5. The minimum Gasteiger partial charge on any atom is -0.381 e. The quantitative estimate of drug-likeness (QED) is 0.621. The zero-order chi connectivity index (χ0) is 20.8. The van der Waals surface area contributed by atoms with Crippen LogP contribution in [0.5, 0.6) is 0 Å². The molecule has 3 aromatic rings. The molecule has 0 saturated carbocycles. The Kier molecular flexibility index (Phi) is 6.40. The van der Waals surface area contributed by atoms with Crippen molar-refractivity contribution in [2.45, 2.75) is 31.1 Å². The van der Waals surface area contributed by atoms with Crippen molar-refractivity contribution >= 4 is 17.5 Å². The number of hydrogen-bond donors (Lipinski definition) is 1. The molecule has 0 atom stereocenters. The van der Waals surface area contributed by atoms with Crippen molar-refractivity contribution in [2.75, 3.05) is 19.8 Å². The average Bonchev–Trinajstić information content (AvgIpc) is 3.27. The van der Waals surface area contributed by atoms with E-state index in [0.717, 1.165) is 24.0 Å². The van der Waals surface area contributed by atoms with Gasteiger partial charge in [-0.3, -0.25) is 9.78 Å². The lowest BCUT2D eigenvalue weighted by atomic mass is 9.74. The van der Waals surface area contributed by atoms with E-state index in [-0.39, 0.29) is 17.7 Å². The molecule has 0 unspecified atom stereocenters. The molecule has 156 valence electrons. The van der Waals surface area contributed by atoms with Crippen molar-refractivity contribution in [2.24, 2.45) is 0 Å². The third-order valence-corrected chi connectivity index (χ3v) is 5.70. The number of rotatable bonds is 7. The number of nitrogens with one attached hydrogen (secondary N) is 1. The highest BCUT2D eigenvalue weighted by Gasteiger charge is 2.35. The van der Waals surface area contributed by atoms with Gasteiger partial charge in [-0.25, -0.2) is 0 Å². The number of nitrogens with zero attached hydrogens (tertiary/aromatic N) is 3. The fourth-order valence-electron chi connectivity index (χ4n) is 3.69. The van der Waals surface area contributed by atoms with E-state index in [1.165, 1.54) is 0 Å². The first-order valence-corrected chi connectivity index (χ1v) is 10.4. The summed E-state index contributed by atoms with van der Waals surface area (Å²) < 4.78 is 10.8. The molecule has 1 aromatic carbocycles. The van der Waals surface area contributed by atoms with Gasteiger partial charge in [0.1, 0.15) is 0 Å². The molecule has 1 fully saturated rings. The molecule has 1 aliphatic rings. The van der Waals surface area contributed by atoms with E-state index < -0.39 is 0 Å². The van der Waals surface area contributed by atoms with Crippen LogP contribution < -0.4 is 5.32 Å². The summed E-state index contributed by atoms with van der Waals surface area (Å²) in [6, 6.07) is 11.5. The van der Waals surface area contributed by atoms with Gasteiger partial charge in [0, 0.05) is 61.0 Å². The van der Waals surface area contributed by atoms with Gasteiger partial charge < -0.3 is 14.6 Å². The molecule has 0 radical (unpaired) electrons. The largest absolute Gasteiger partial charge is 0.381 e. The van der Waals surface area contributed by atoms with Gasteiger partial charge in [0.05, 0.1) is 0 Å². The van der Waals surface area contributed by atoms with E-state index in [9.17, 15) is 4.79 Å². The van der Waals surface area contributed by atoms with E-state index in [1.807, 2.05) is 30.3 Å². The summed E-state index contributed by atoms with van der Waals surface area (Å²) in [5, 5.41) is 7.74. The molecule has 7 nitrogen and oxygen atoms in total. The zero-order valence-corrected chi connectivity index (χ0v) is 17.3. The molecule has 1 saturated heterocycles. The number of benzene rings is 1. The Morgan fingerprint density at radius 3 is 2.83 bits per heavy atom. The average molecular weight is 427 g/mol. The highest BCUT2D eigenvalue weighted by Crippen LogP contribution is 2.35. The molecule has 4 rings (SSSR count). The van der Waals surface area contributed by atoms with Gasteiger partial charge in [0.2, 0.25) is 17.6 Å². The second-order valence-electron chi connectivity index (χ2n) is 7.43. The van der Waals surface area contributed by atoms with Crippen LogP contribution in [0.15, 0.2) is 53.3 Å². The summed E-state index contributed by atoms with van der Waals surface area (Å²) in [4.78, 5) is 20.9. The maximum atomic E-state index is 12.5. The van der Waals surface area contributed by atoms with Crippen molar-refractivity contribution in [3.8, 4) is 11.4 Å². The lowest BCUT2D eigenvalue weighted by Crippen LogP contribution is -2.44. The Morgan fingerprint density at radius 1 is 1.20 bits per heavy atom. The van der Waals surface area contributed by atoms with Gasteiger partial charge in [-0.05, 0) is 42.7 Å². The topological polar surface area (TPSA) is 90.1 Å². The Morgan fingerprint density at radius 2 is 2.07 bits per heavy atom. The molecule has 1 amide bonds. The van der Waals surface area contributed by atoms with Gasteiger partial charge in [-0.15, -0.1) is 0 Å². The number of carbonyl (C=O) groups is 1. The fraction of sp³-hybridized carbons (Fsp3) is 0.364. The minimum atomic E-state index is -0.170. The number of amides is 1. The number of aromatic nitrogens is 3. The Labute approximate surface area is 179 Å². The van der Waals surface area contributed by atoms with Gasteiger partial charge >= 0.3 is 0 Å². The van der Waals surface area contributed by atoms with Crippen LogP contribution in [0.1, 0.15) is 30.7 Å². The first-order chi connectivity index (χ1) is 14.6. The molecule has 30 heavy (non-hydrogen) atoms. The van der Waals surface area contributed by atoms with Crippen LogP contribution in [0.3, 0.4) is 0 Å². The summed E-state index contributed by atoms with van der Waals surface area (Å²) in [5.74, 6) is 0.851. The van der Waals surface area contributed by atoms with E-state index in [4.69, 9.17) is 20.9 Å². The Bertz CT molecular complexity index is 987. The molecule has 0 spiro atoms. The smallest absolute Gasteiger partial charge is 0.227 e. The molecule has 1 N–H and O–H groups in total. The standard InChI is InChI=1S/C22H23ClN4O3/c23-18-5-1-4-17(13-18)22(8-11-29-12-9-22)15-25-19(28)6-7-20-26-21(27-30-20)16-3-2-10-24-14-16/h1-5,10,13-14H,6-9,11-12,15H2,(H,25,28). The number of halogens is 1. The normalized spacial score (nSPS) is 15.6. The molecule has 8 heteroatoms. The summed E-state index contributed by atoms with van der Waals surface area (Å²) in [7, 11) is 0. The molecule has 1 aliphatic heterocycles. The van der Waals surface area contributed by atoms with E-state index in [2.05, 4.69) is 26.5 Å². The van der Waals surface area contributed by atoms with Crippen LogP contribution in [0.4, 0.5) is 0 Å². The predicted octanol–water partition coefficient (Wildman–Crippen LogP) is 3.58. The third kappa shape index (κ3) is 4.86. The van der Waals surface area contributed by atoms with Gasteiger partial charge in [-0.1, -0.05) is 28.9 Å². The van der Waals surface area contributed by atoms with Crippen molar-refractivity contribution < 1.29 is 14.1 Å². The highest BCUT2D eigenvalue weighted by atomic mass is 35.5. The van der Waals surface area contributed by atoms with Gasteiger partial charge in [0.15, 0.2) is 0 Å². The monoisotopic (exact) mass is 426 g/mol. The van der Waals surface area contributed by atoms with E-state index >= 15 is 0 Å². The van der Waals surface area contributed by atoms with Crippen molar-refractivity contribution in [1.29, 1.82) is 0 Å². The van der Waals surface area contributed by atoms with Crippen LogP contribution in [-0.4, -0.2) is 40.8 Å². The molecule has 0 aliphatic carbocycles. The van der Waals surface area contributed by atoms with E-state index in [0.29, 0.717) is 42.9 Å². The van der Waals surface area contributed by atoms with Crippen LogP contribution in [-0.2, 0) is 21.4 Å². The summed E-state index contributed by atoms with van der Waals surface area (Å²) >= 11 is 6.21. The minimum absolute atomic E-state index is 0.0518. The van der Waals surface area contributed by atoms with Crippen LogP contribution in [0.25, 0.3) is 11.4 Å². The molecule has 2 aromatic heterocycles. The number of carbonyl (C=O) groups excluding carboxylic acids is 1. The molecule has 3 heterocycles. The second kappa shape index (κ2) is 9.36. The van der Waals surface area contributed by atoms with Gasteiger partial charge in [-0.2, -0.15) is 4.98 Å². The first kappa shape index (κ1) is 20.5. The maximum Gasteiger partial charge on any atom is 0.227 e. The molecular formula is C22H23ClN4O3. The van der Waals surface area contributed by atoms with E-state index in [1.54, 1.807) is 12.4 Å². The summed E-state index contributed by atoms with van der Waals surface area (Å²) in [6.07, 6.45) is 5.69. The Hall–Kier alpha value is -2.77. The lowest BCUT2D eigenvalue weighted by molar-refractivity contribution is -0.121. The summed E-state index contributed by atoms with van der Waals surface area (Å²) in [6.45, 7) is 1.88. The third-order valence-electron chi connectivity index (χ3n) is 5.46. The first-order valence-electron chi connectivity index (χ1n) is 9.98. The van der Waals surface area contributed by atoms with Crippen molar-refractivity contribution in [3.63, 3.8) is 0 Å². The lowest BCUT2D eigenvalue weighted by Gasteiger charge is -2.38. The number of pyridine rings is 1. The molecule has 0 bridgehead atoms. The highest BCUT2D eigenvalue weighted by molar-refractivity contribution is 6.30. The number of ether oxygens (including phenoxy) is 1. The van der Waals surface area contributed by atoms with Crippen LogP contribution in [0, 0.1) is 0 Å². The second-order valence-corrected chi connectivity index (χ2v) is 7.87. The summed E-state index contributed by atoms with van der Waals surface area (Å²) in [5.41, 5.74) is 1.74.